The Morgan fingerprint density at radius 3 is 2.50 bits per heavy atom. The topological polar surface area (TPSA) is 67.4 Å². The molecular weight excluding hydrogens is 392 g/mol. The van der Waals surface area contributed by atoms with Crippen LogP contribution in [0.3, 0.4) is 0 Å². The molecule has 0 unspecified atom stereocenters. The average Bonchev–Trinajstić information content (AvgIpc) is 3.25. The van der Waals surface area contributed by atoms with Gasteiger partial charge in [0.15, 0.2) is 0 Å². The highest BCUT2D eigenvalue weighted by Gasteiger charge is 2.13. The van der Waals surface area contributed by atoms with E-state index in [9.17, 15) is 9.59 Å². The normalized spacial score (nSPS) is 10.3. The van der Waals surface area contributed by atoms with Crippen LogP contribution in [0, 0.1) is 0 Å². The molecule has 0 saturated carbocycles. The molecule has 0 atom stereocenters. The second-order valence-corrected chi connectivity index (χ2v) is 7.94. The molecule has 3 aromatic rings. The van der Waals surface area contributed by atoms with E-state index < -0.39 is 0 Å². The van der Waals surface area contributed by atoms with Gasteiger partial charge in [0.1, 0.15) is 5.75 Å². The Hall–Kier alpha value is -2.77. The first-order valence-corrected chi connectivity index (χ1v) is 10.5. The minimum atomic E-state index is -0.336. The van der Waals surface area contributed by atoms with Crippen molar-refractivity contribution in [2.24, 2.45) is 0 Å². The van der Waals surface area contributed by atoms with Gasteiger partial charge < -0.3 is 4.74 Å². The van der Waals surface area contributed by atoms with E-state index in [1.54, 1.807) is 48.4 Å². The van der Waals surface area contributed by atoms with Crippen molar-refractivity contribution in [1.29, 1.82) is 0 Å². The van der Waals surface area contributed by atoms with Crippen LogP contribution in [0.2, 0.25) is 0 Å². The Bertz CT molecular complexity index is 925. The van der Waals surface area contributed by atoms with E-state index in [4.69, 9.17) is 4.74 Å². The van der Waals surface area contributed by atoms with Gasteiger partial charge >= 0.3 is 0 Å². The third-order valence-corrected chi connectivity index (χ3v) is 6.10. The van der Waals surface area contributed by atoms with Crippen LogP contribution in [0.4, 0.5) is 0 Å². The summed E-state index contributed by atoms with van der Waals surface area (Å²) < 4.78 is 5.10. The van der Waals surface area contributed by atoms with Crippen molar-refractivity contribution >= 4 is 34.9 Å². The number of hydrogen-bond donors (Lipinski definition) is 2. The zero-order chi connectivity index (χ0) is 19.8. The van der Waals surface area contributed by atoms with E-state index in [2.05, 4.69) is 16.9 Å². The number of rotatable bonds is 7. The Morgan fingerprint density at radius 2 is 1.79 bits per heavy atom. The zero-order valence-electron chi connectivity index (χ0n) is 15.3. The molecule has 7 heteroatoms. The quantitative estimate of drug-likeness (QED) is 0.454. The van der Waals surface area contributed by atoms with Crippen molar-refractivity contribution in [3.63, 3.8) is 0 Å². The van der Waals surface area contributed by atoms with Gasteiger partial charge in [-0.15, -0.1) is 23.1 Å². The molecule has 2 amide bonds. The van der Waals surface area contributed by atoms with E-state index in [0.717, 1.165) is 22.0 Å². The molecule has 0 fully saturated rings. The maximum absolute atomic E-state index is 12.5. The predicted octanol–water partition coefficient (Wildman–Crippen LogP) is 4.05. The molecule has 2 N–H and O–H groups in total. The molecule has 0 radical (unpaired) electrons. The van der Waals surface area contributed by atoms with Crippen molar-refractivity contribution in [2.45, 2.75) is 17.1 Å². The average molecular weight is 413 g/mol. The first-order valence-electron chi connectivity index (χ1n) is 8.62. The molecule has 5 nitrogen and oxygen atoms in total. The van der Waals surface area contributed by atoms with Crippen molar-refractivity contribution in [1.82, 2.24) is 10.9 Å². The Balaban J connectivity index is 1.54. The van der Waals surface area contributed by atoms with Gasteiger partial charge in [-0.25, -0.2) is 0 Å². The Kier molecular flexibility index (Phi) is 7.11. The summed E-state index contributed by atoms with van der Waals surface area (Å²) in [4.78, 5) is 26.7. The predicted molar refractivity (Wildman–Crippen MR) is 113 cm³/mol. The highest BCUT2D eigenvalue weighted by Crippen LogP contribution is 2.27. The van der Waals surface area contributed by atoms with Gasteiger partial charge in [0.2, 0.25) is 5.91 Å². The van der Waals surface area contributed by atoms with Crippen LogP contribution in [0.25, 0.3) is 0 Å². The van der Waals surface area contributed by atoms with Gasteiger partial charge in [0, 0.05) is 15.5 Å². The second-order valence-electron chi connectivity index (χ2n) is 5.89. The highest BCUT2D eigenvalue weighted by molar-refractivity contribution is 7.98. The number of ether oxygens (including phenoxy) is 1. The fourth-order valence-electron chi connectivity index (χ4n) is 2.49. The Labute approximate surface area is 172 Å². The van der Waals surface area contributed by atoms with Gasteiger partial charge in [0.05, 0.1) is 19.1 Å². The summed E-state index contributed by atoms with van der Waals surface area (Å²) in [6, 6.07) is 18.7. The molecule has 0 aliphatic heterocycles. The van der Waals surface area contributed by atoms with Gasteiger partial charge in [-0.1, -0.05) is 30.3 Å². The summed E-state index contributed by atoms with van der Waals surface area (Å²) >= 11 is 3.29. The minimum Gasteiger partial charge on any atom is -0.497 e. The summed E-state index contributed by atoms with van der Waals surface area (Å²) in [6.45, 7) is 0. The molecule has 0 bridgehead atoms. The number of methoxy groups -OCH3 is 1. The lowest BCUT2D eigenvalue weighted by Gasteiger charge is -2.11. The molecular formula is C21H20N2O3S2. The number of hydrazine groups is 1. The number of nitrogens with one attached hydrogen (secondary N) is 2. The van der Waals surface area contributed by atoms with Crippen molar-refractivity contribution in [3.8, 4) is 5.75 Å². The smallest absolute Gasteiger partial charge is 0.270 e. The summed E-state index contributed by atoms with van der Waals surface area (Å²) in [5.74, 6) is 0.903. The van der Waals surface area contributed by atoms with Gasteiger partial charge in [-0.05, 0) is 41.3 Å². The van der Waals surface area contributed by atoms with Crippen LogP contribution in [0.1, 0.15) is 20.8 Å². The SMILES string of the molecule is COc1ccc(CC(=O)NNC(=O)c2ccccc2SCc2cccs2)cc1. The van der Waals surface area contributed by atoms with Crippen molar-refractivity contribution < 1.29 is 14.3 Å². The van der Waals surface area contributed by atoms with E-state index in [-0.39, 0.29) is 18.2 Å². The van der Waals surface area contributed by atoms with Crippen LogP contribution >= 0.6 is 23.1 Å². The van der Waals surface area contributed by atoms with Crippen molar-refractivity contribution in [2.75, 3.05) is 7.11 Å². The highest BCUT2D eigenvalue weighted by atomic mass is 32.2. The lowest BCUT2D eigenvalue weighted by molar-refractivity contribution is -0.121. The van der Waals surface area contributed by atoms with E-state index in [1.165, 1.54) is 4.88 Å². The fourth-order valence-corrected chi connectivity index (χ4v) is 4.31. The van der Waals surface area contributed by atoms with Crippen molar-refractivity contribution in [3.05, 3.63) is 82.0 Å². The first-order chi connectivity index (χ1) is 13.7. The molecule has 1 aromatic heterocycles. The van der Waals surface area contributed by atoms with E-state index in [0.29, 0.717) is 5.56 Å². The molecule has 0 spiro atoms. The first kappa shape index (κ1) is 20.0. The number of hydrogen-bond acceptors (Lipinski definition) is 5. The third-order valence-electron chi connectivity index (χ3n) is 3.92. The monoisotopic (exact) mass is 412 g/mol. The molecule has 0 aliphatic rings. The Morgan fingerprint density at radius 1 is 1.00 bits per heavy atom. The minimum absolute atomic E-state index is 0.166. The van der Waals surface area contributed by atoms with E-state index >= 15 is 0 Å². The molecule has 2 aromatic carbocycles. The fraction of sp³-hybridized carbons (Fsp3) is 0.143. The number of benzene rings is 2. The number of carbonyl (C=O) groups is 2. The maximum Gasteiger partial charge on any atom is 0.270 e. The molecule has 0 saturated heterocycles. The number of thioether (sulfide) groups is 1. The van der Waals surface area contributed by atoms with Gasteiger partial charge in [-0.3, -0.25) is 20.4 Å². The summed E-state index contributed by atoms with van der Waals surface area (Å²) in [5, 5.41) is 2.03. The van der Waals surface area contributed by atoms with Gasteiger partial charge in [-0.2, -0.15) is 0 Å². The zero-order valence-corrected chi connectivity index (χ0v) is 16.9. The summed E-state index contributed by atoms with van der Waals surface area (Å²) in [5.41, 5.74) is 6.35. The van der Waals surface area contributed by atoms with Crippen LogP contribution in [0.5, 0.6) is 5.75 Å². The second kappa shape index (κ2) is 9.96. The van der Waals surface area contributed by atoms with Crippen LogP contribution in [-0.2, 0) is 17.0 Å². The van der Waals surface area contributed by atoms with Crippen LogP contribution in [0.15, 0.2) is 70.9 Å². The summed E-state index contributed by atoms with van der Waals surface area (Å²) in [6.07, 6.45) is 0.166. The molecule has 28 heavy (non-hydrogen) atoms. The summed E-state index contributed by atoms with van der Waals surface area (Å²) in [7, 11) is 1.59. The number of amides is 2. The van der Waals surface area contributed by atoms with Gasteiger partial charge in [0.25, 0.3) is 5.91 Å². The molecule has 1 heterocycles. The third kappa shape index (κ3) is 5.61. The molecule has 0 aliphatic carbocycles. The lowest BCUT2D eigenvalue weighted by Crippen LogP contribution is -2.42. The number of thiophene rings is 1. The van der Waals surface area contributed by atoms with E-state index in [1.807, 2.05) is 41.8 Å². The number of carbonyl (C=O) groups excluding carboxylic acids is 2. The largest absolute Gasteiger partial charge is 0.497 e. The van der Waals surface area contributed by atoms with Crippen LogP contribution < -0.4 is 15.6 Å². The molecule has 144 valence electrons. The maximum atomic E-state index is 12.5. The lowest BCUT2D eigenvalue weighted by atomic mass is 10.1. The standard InChI is InChI=1S/C21H20N2O3S2/c1-26-16-10-8-15(9-11-16)13-20(24)22-23-21(25)18-6-2-3-7-19(18)28-14-17-5-4-12-27-17/h2-12H,13-14H2,1H3,(H,22,24)(H,23,25). The molecule has 3 rings (SSSR count). The van der Waals surface area contributed by atoms with Crippen LogP contribution in [-0.4, -0.2) is 18.9 Å².